The Hall–Kier alpha value is -3.18. The van der Waals surface area contributed by atoms with Crippen molar-refractivity contribution in [3.05, 3.63) is 69.2 Å². The zero-order valence-corrected chi connectivity index (χ0v) is 21.5. The molecule has 0 unspecified atom stereocenters. The monoisotopic (exact) mass is 524 g/mol. The normalized spacial score (nSPS) is 12.9. The number of hydrogen-bond acceptors (Lipinski definition) is 6. The molecule has 2 amide bonds. The highest BCUT2D eigenvalue weighted by Crippen LogP contribution is 2.24. The number of non-ortho nitro benzene ring substituents is 1. The molecule has 0 radical (unpaired) electrons. The lowest BCUT2D eigenvalue weighted by molar-refractivity contribution is -0.384. The van der Waals surface area contributed by atoms with Crippen molar-refractivity contribution in [1.29, 1.82) is 0 Å². The predicted octanol–water partition coefficient (Wildman–Crippen LogP) is 3.35. The van der Waals surface area contributed by atoms with Crippen molar-refractivity contribution in [1.82, 2.24) is 10.2 Å². The second kappa shape index (κ2) is 12.0. The summed E-state index contributed by atoms with van der Waals surface area (Å²) in [6, 6.07) is 10.7. The number of anilines is 1. The molecular weight excluding hydrogens is 496 g/mol. The summed E-state index contributed by atoms with van der Waals surface area (Å²) in [5, 5.41) is 14.4. The van der Waals surface area contributed by atoms with Crippen LogP contribution >= 0.6 is 11.6 Å². The minimum atomic E-state index is -4.00. The van der Waals surface area contributed by atoms with Crippen molar-refractivity contribution >= 4 is 44.8 Å². The number of nitrogens with zero attached hydrogens (tertiary/aromatic N) is 3. The number of carbonyl (C=O) groups excluding carboxylic acids is 2. The van der Waals surface area contributed by atoms with Crippen LogP contribution in [0.3, 0.4) is 0 Å². The van der Waals surface area contributed by atoms with Crippen molar-refractivity contribution in [2.24, 2.45) is 0 Å². The summed E-state index contributed by atoms with van der Waals surface area (Å²) in [6.45, 7) is 4.58. The number of nitro benzene ring substituents is 1. The number of nitrogens with one attached hydrogen (secondary N) is 1. The summed E-state index contributed by atoms with van der Waals surface area (Å²) in [5.74, 6) is -1.07. The summed E-state index contributed by atoms with van der Waals surface area (Å²) in [5.41, 5.74) is 0.217. The van der Waals surface area contributed by atoms with Crippen molar-refractivity contribution < 1.29 is 22.9 Å². The van der Waals surface area contributed by atoms with E-state index in [1.54, 1.807) is 31.2 Å². The molecule has 10 nitrogen and oxygen atoms in total. The third kappa shape index (κ3) is 7.66. The maximum atomic E-state index is 13.5. The van der Waals surface area contributed by atoms with Crippen LogP contribution in [-0.4, -0.2) is 54.9 Å². The van der Waals surface area contributed by atoms with Crippen LogP contribution < -0.4 is 9.62 Å². The summed E-state index contributed by atoms with van der Waals surface area (Å²) in [7, 11) is -4.00. The molecule has 0 heterocycles. The molecule has 0 fully saturated rings. The molecule has 2 rings (SSSR count). The second-order valence-electron chi connectivity index (χ2n) is 8.15. The summed E-state index contributed by atoms with van der Waals surface area (Å²) in [6.07, 6.45) is 1.59. The van der Waals surface area contributed by atoms with Crippen LogP contribution in [0.2, 0.25) is 5.02 Å². The molecular formula is C23H29ClN4O6S. The first kappa shape index (κ1) is 28.1. The summed E-state index contributed by atoms with van der Waals surface area (Å²) < 4.78 is 25.9. The molecule has 1 N–H and O–H groups in total. The van der Waals surface area contributed by atoms with Crippen molar-refractivity contribution in [2.75, 3.05) is 17.1 Å². The van der Waals surface area contributed by atoms with Crippen LogP contribution in [0.15, 0.2) is 48.5 Å². The zero-order valence-electron chi connectivity index (χ0n) is 20.0. The number of sulfonamides is 1. The van der Waals surface area contributed by atoms with E-state index in [2.05, 4.69) is 5.32 Å². The van der Waals surface area contributed by atoms with Gasteiger partial charge in [0.25, 0.3) is 5.69 Å². The molecule has 0 aromatic heterocycles. The van der Waals surface area contributed by atoms with E-state index in [9.17, 15) is 28.1 Å². The van der Waals surface area contributed by atoms with E-state index in [-0.39, 0.29) is 24.0 Å². The first-order valence-electron chi connectivity index (χ1n) is 10.9. The third-order valence-electron chi connectivity index (χ3n) is 5.47. The van der Waals surface area contributed by atoms with Gasteiger partial charge in [-0.1, -0.05) is 42.8 Å². The van der Waals surface area contributed by atoms with E-state index in [1.165, 1.54) is 23.1 Å². The maximum absolute atomic E-state index is 13.5. The fourth-order valence-corrected chi connectivity index (χ4v) is 4.27. The highest BCUT2D eigenvalue weighted by atomic mass is 35.5. The molecule has 12 heteroatoms. The lowest BCUT2D eigenvalue weighted by Crippen LogP contribution is -2.52. The minimum absolute atomic E-state index is 0.0375. The Morgan fingerprint density at radius 2 is 1.80 bits per heavy atom. The highest BCUT2D eigenvalue weighted by molar-refractivity contribution is 7.92. The molecule has 0 aliphatic carbocycles. The van der Waals surface area contributed by atoms with Gasteiger partial charge < -0.3 is 10.2 Å². The van der Waals surface area contributed by atoms with Gasteiger partial charge in [0.05, 0.1) is 16.9 Å². The molecule has 2 aromatic rings. The van der Waals surface area contributed by atoms with Crippen molar-refractivity contribution in [2.45, 2.75) is 45.8 Å². The largest absolute Gasteiger partial charge is 0.352 e. The van der Waals surface area contributed by atoms with Crippen LogP contribution in [-0.2, 0) is 26.2 Å². The van der Waals surface area contributed by atoms with Crippen molar-refractivity contribution in [3.63, 3.8) is 0 Å². The molecule has 2 atom stereocenters. The lowest BCUT2D eigenvalue weighted by Gasteiger charge is -2.32. The van der Waals surface area contributed by atoms with Gasteiger partial charge in [-0.05, 0) is 38.0 Å². The van der Waals surface area contributed by atoms with E-state index in [1.807, 2.05) is 13.8 Å². The lowest BCUT2D eigenvalue weighted by atomic mass is 10.1. The van der Waals surface area contributed by atoms with Gasteiger partial charge in [0, 0.05) is 29.7 Å². The van der Waals surface area contributed by atoms with Gasteiger partial charge >= 0.3 is 0 Å². The minimum Gasteiger partial charge on any atom is -0.352 e. The number of amides is 2. The number of hydrogen-bond donors (Lipinski definition) is 1. The number of rotatable bonds is 11. The molecule has 0 aliphatic heterocycles. The van der Waals surface area contributed by atoms with E-state index in [0.29, 0.717) is 17.0 Å². The fraction of sp³-hybridized carbons (Fsp3) is 0.391. The molecule has 0 aliphatic rings. The molecule has 0 bridgehead atoms. The van der Waals surface area contributed by atoms with E-state index in [0.717, 1.165) is 16.6 Å². The Morgan fingerprint density at radius 1 is 1.14 bits per heavy atom. The highest BCUT2D eigenvalue weighted by Gasteiger charge is 2.31. The van der Waals surface area contributed by atoms with Gasteiger partial charge in [0.1, 0.15) is 12.6 Å². The molecule has 0 spiro atoms. The van der Waals surface area contributed by atoms with Gasteiger partial charge in [-0.3, -0.25) is 24.0 Å². The Balaban J connectivity index is 2.44. The number of nitro groups is 1. The van der Waals surface area contributed by atoms with Gasteiger partial charge in [-0.15, -0.1) is 0 Å². The van der Waals surface area contributed by atoms with Crippen LogP contribution in [0.25, 0.3) is 0 Å². The fourth-order valence-electron chi connectivity index (χ4n) is 3.23. The van der Waals surface area contributed by atoms with Crippen LogP contribution in [0.1, 0.15) is 32.8 Å². The Morgan fingerprint density at radius 3 is 2.37 bits per heavy atom. The average molecular weight is 525 g/mol. The van der Waals surface area contributed by atoms with E-state index in [4.69, 9.17) is 11.6 Å². The third-order valence-corrected chi connectivity index (χ3v) is 6.98. The zero-order chi connectivity index (χ0) is 26.3. The molecule has 35 heavy (non-hydrogen) atoms. The first-order chi connectivity index (χ1) is 16.3. The van der Waals surface area contributed by atoms with Crippen LogP contribution in [0.4, 0.5) is 11.4 Å². The smallest absolute Gasteiger partial charge is 0.271 e. The second-order valence-corrected chi connectivity index (χ2v) is 10.5. The van der Waals surface area contributed by atoms with E-state index < -0.39 is 39.3 Å². The Bertz CT molecular complexity index is 1190. The van der Waals surface area contributed by atoms with Gasteiger partial charge in [0.2, 0.25) is 21.8 Å². The Labute approximate surface area is 210 Å². The Kier molecular flexibility index (Phi) is 9.61. The molecule has 190 valence electrons. The molecule has 0 saturated carbocycles. The molecule has 0 saturated heterocycles. The number of benzene rings is 2. The summed E-state index contributed by atoms with van der Waals surface area (Å²) in [4.78, 5) is 38.1. The topological polar surface area (TPSA) is 130 Å². The van der Waals surface area contributed by atoms with Gasteiger partial charge in [-0.25, -0.2) is 8.42 Å². The van der Waals surface area contributed by atoms with Crippen LogP contribution in [0.5, 0.6) is 0 Å². The molecule has 2 aromatic carbocycles. The standard InChI is InChI=1S/C23H29ClN4O6S/c1-5-16(2)25-23(30)17(3)26(14-18-9-6-7-12-21(18)24)22(29)15-27(35(4,33)34)19-10-8-11-20(13-19)28(31)32/h6-13,16-17H,5,14-15H2,1-4H3,(H,25,30)/t16-,17+/m1/s1. The van der Waals surface area contributed by atoms with Crippen LogP contribution in [0, 0.1) is 10.1 Å². The van der Waals surface area contributed by atoms with Gasteiger partial charge in [-0.2, -0.15) is 0 Å². The summed E-state index contributed by atoms with van der Waals surface area (Å²) >= 11 is 6.28. The number of halogens is 1. The quantitative estimate of drug-likeness (QED) is 0.354. The SMILES string of the molecule is CC[C@@H](C)NC(=O)[C@H](C)N(Cc1ccccc1Cl)C(=O)CN(c1cccc([N+](=O)[O-])c1)S(C)(=O)=O. The predicted molar refractivity (Wildman–Crippen MR) is 135 cm³/mol. The first-order valence-corrected chi connectivity index (χ1v) is 13.1. The van der Waals surface area contributed by atoms with E-state index >= 15 is 0 Å². The average Bonchev–Trinajstić information content (AvgIpc) is 2.80. The number of carbonyl (C=O) groups is 2. The van der Waals surface area contributed by atoms with Gasteiger partial charge in [0.15, 0.2) is 0 Å². The van der Waals surface area contributed by atoms with Crippen molar-refractivity contribution in [3.8, 4) is 0 Å². The maximum Gasteiger partial charge on any atom is 0.271 e.